The topological polar surface area (TPSA) is 119 Å². The normalized spacial score (nSPS) is 15.8. The SMILES string of the molecule is CCOC(=O)c1c(NC(=O)C2CC(=O)N(c3ccc4sc(C)nc4c3)C2)oc(C)c1C(C)=O. The Labute approximate surface area is 193 Å². The van der Waals surface area contributed by atoms with Crippen LogP contribution in [0.3, 0.4) is 0 Å². The van der Waals surface area contributed by atoms with Crippen molar-refractivity contribution in [2.75, 3.05) is 23.4 Å². The van der Waals surface area contributed by atoms with Crippen LogP contribution in [0, 0.1) is 19.8 Å². The summed E-state index contributed by atoms with van der Waals surface area (Å²) in [7, 11) is 0. The van der Waals surface area contributed by atoms with Crippen LogP contribution in [0.2, 0.25) is 0 Å². The number of amides is 2. The Morgan fingerprint density at radius 3 is 2.73 bits per heavy atom. The number of aromatic nitrogens is 1. The van der Waals surface area contributed by atoms with E-state index in [0.29, 0.717) is 5.69 Å². The highest BCUT2D eigenvalue weighted by molar-refractivity contribution is 7.18. The fraction of sp³-hybridized carbons (Fsp3) is 0.348. The van der Waals surface area contributed by atoms with E-state index in [0.717, 1.165) is 15.2 Å². The Morgan fingerprint density at radius 2 is 2.03 bits per heavy atom. The van der Waals surface area contributed by atoms with E-state index in [1.807, 2.05) is 25.1 Å². The zero-order chi connectivity index (χ0) is 23.9. The zero-order valence-corrected chi connectivity index (χ0v) is 19.5. The number of carbonyl (C=O) groups is 4. The second-order valence-electron chi connectivity index (χ2n) is 7.79. The number of ketones is 1. The van der Waals surface area contributed by atoms with Gasteiger partial charge in [-0.1, -0.05) is 0 Å². The lowest BCUT2D eigenvalue weighted by Crippen LogP contribution is -2.28. The maximum Gasteiger partial charge on any atom is 0.344 e. The number of carbonyl (C=O) groups excluding carboxylic acids is 4. The highest BCUT2D eigenvalue weighted by atomic mass is 32.1. The summed E-state index contributed by atoms with van der Waals surface area (Å²) in [4.78, 5) is 56.2. The van der Waals surface area contributed by atoms with Crippen molar-refractivity contribution in [3.05, 3.63) is 40.1 Å². The molecular weight excluding hydrogens is 446 g/mol. The molecule has 1 atom stereocenters. The standard InChI is InChI=1S/C23H23N3O6S/c1-5-31-23(30)20-19(11(2)27)12(3)32-22(20)25-21(29)14-8-18(28)26(10-14)15-6-7-17-16(9-15)24-13(4)33-17/h6-7,9,14H,5,8,10H2,1-4H3,(H,25,29). The fourth-order valence-electron chi connectivity index (χ4n) is 4.00. The minimum absolute atomic E-state index is 0.00790. The summed E-state index contributed by atoms with van der Waals surface area (Å²) in [6.45, 7) is 6.67. The largest absolute Gasteiger partial charge is 0.462 e. The first-order chi connectivity index (χ1) is 15.7. The molecule has 172 valence electrons. The van der Waals surface area contributed by atoms with E-state index in [2.05, 4.69) is 10.3 Å². The van der Waals surface area contributed by atoms with Gasteiger partial charge in [0.15, 0.2) is 5.78 Å². The van der Waals surface area contributed by atoms with Crippen molar-refractivity contribution in [1.29, 1.82) is 0 Å². The molecule has 1 fully saturated rings. The van der Waals surface area contributed by atoms with Crippen LogP contribution in [-0.2, 0) is 14.3 Å². The maximum atomic E-state index is 13.0. The molecule has 9 nitrogen and oxygen atoms in total. The lowest BCUT2D eigenvalue weighted by molar-refractivity contribution is -0.122. The van der Waals surface area contributed by atoms with Gasteiger partial charge in [0.25, 0.3) is 0 Å². The molecule has 0 radical (unpaired) electrons. The highest BCUT2D eigenvalue weighted by Crippen LogP contribution is 2.32. The number of thiazole rings is 1. The van der Waals surface area contributed by atoms with Gasteiger partial charge in [-0.2, -0.15) is 0 Å². The minimum atomic E-state index is -0.758. The number of esters is 1. The van der Waals surface area contributed by atoms with Gasteiger partial charge in [-0.15, -0.1) is 11.3 Å². The number of aryl methyl sites for hydroxylation is 2. The quantitative estimate of drug-likeness (QED) is 0.430. The number of anilines is 2. The first kappa shape index (κ1) is 22.7. The maximum absolute atomic E-state index is 13.0. The summed E-state index contributed by atoms with van der Waals surface area (Å²) < 4.78 is 11.6. The van der Waals surface area contributed by atoms with Crippen LogP contribution in [0.1, 0.15) is 51.8 Å². The molecule has 1 aliphatic heterocycles. The van der Waals surface area contributed by atoms with Gasteiger partial charge in [0.2, 0.25) is 17.7 Å². The summed E-state index contributed by atoms with van der Waals surface area (Å²) in [5, 5.41) is 3.52. The van der Waals surface area contributed by atoms with Gasteiger partial charge in [0.05, 0.1) is 33.3 Å². The molecule has 2 amide bonds. The Bertz CT molecular complexity index is 1290. The molecular formula is C23H23N3O6S. The molecule has 1 unspecified atom stereocenters. The van der Waals surface area contributed by atoms with E-state index in [-0.39, 0.29) is 54.0 Å². The van der Waals surface area contributed by atoms with Crippen LogP contribution in [0.15, 0.2) is 22.6 Å². The number of hydrogen-bond acceptors (Lipinski definition) is 8. The smallest absolute Gasteiger partial charge is 0.344 e. The number of nitrogens with one attached hydrogen (secondary N) is 1. The number of benzene rings is 1. The van der Waals surface area contributed by atoms with E-state index in [1.165, 1.54) is 13.8 Å². The highest BCUT2D eigenvalue weighted by Gasteiger charge is 2.37. The van der Waals surface area contributed by atoms with Crippen LogP contribution in [-0.4, -0.2) is 41.7 Å². The Balaban J connectivity index is 1.56. The van der Waals surface area contributed by atoms with Crippen molar-refractivity contribution in [3.8, 4) is 0 Å². The van der Waals surface area contributed by atoms with Crippen LogP contribution >= 0.6 is 11.3 Å². The number of nitrogens with zero attached hydrogens (tertiary/aromatic N) is 2. The van der Waals surface area contributed by atoms with Crippen LogP contribution < -0.4 is 10.2 Å². The van der Waals surface area contributed by atoms with Gasteiger partial charge in [0, 0.05) is 18.7 Å². The van der Waals surface area contributed by atoms with Crippen LogP contribution in [0.25, 0.3) is 10.2 Å². The minimum Gasteiger partial charge on any atom is -0.462 e. The molecule has 0 aliphatic carbocycles. The number of Topliss-reactive ketones (excluding diaryl/α,β-unsaturated/α-hetero) is 1. The lowest BCUT2D eigenvalue weighted by atomic mass is 10.1. The molecule has 10 heteroatoms. The molecule has 1 aromatic carbocycles. The number of hydrogen-bond donors (Lipinski definition) is 1. The third kappa shape index (κ3) is 4.25. The molecule has 1 aliphatic rings. The first-order valence-electron chi connectivity index (χ1n) is 10.5. The van der Waals surface area contributed by atoms with Gasteiger partial charge in [0.1, 0.15) is 11.3 Å². The molecule has 0 saturated carbocycles. The lowest BCUT2D eigenvalue weighted by Gasteiger charge is -2.16. The first-order valence-corrected chi connectivity index (χ1v) is 11.3. The van der Waals surface area contributed by atoms with Crippen molar-refractivity contribution in [2.45, 2.75) is 34.1 Å². The van der Waals surface area contributed by atoms with Crippen molar-refractivity contribution in [3.63, 3.8) is 0 Å². The third-order valence-corrected chi connectivity index (χ3v) is 6.39. The van der Waals surface area contributed by atoms with E-state index < -0.39 is 17.8 Å². The van der Waals surface area contributed by atoms with Crippen molar-refractivity contribution in [2.24, 2.45) is 5.92 Å². The Hall–Kier alpha value is -3.53. The summed E-state index contributed by atoms with van der Waals surface area (Å²) in [6, 6.07) is 5.59. The van der Waals surface area contributed by atoms with E-state index >= 15 is 0 Å². The summed E-state index contributed by atoms with van der Waals surface area (Å²) in [5.74, 6) is -2.41. The molecule has 2 aromatic heterocycles. The van der Waals surface area contributed by atoms with Gasteiger partial charge < -0.3 is 14.1 Å². The van der Waals surface area contributed by atoms with E-state index in [4.69, 9.17) is 9.15 Å². The zero-order valence-electron chi connectivity index (χ0n) is 18.7. The van der Waals surface area contributed by atoms with Crippen molar-refractivity contribution >= 4 is 56.7 Å². The second-order valence-corrected chi connectivity index (χ2v) is 9.03. The number of rotatable bonds is 6. The fourth-order valence-corrected chi connectivity index (χ4v) is 4.81. The summed E-state index contributed by atoms with van der Waals surface area (Å²) in [5.41, 5.74) is 1.44. The average molecular weight is 470 g/mol. The van der Waals surface area contributed by atoms with Gasteiger partial charge >= 0.3 is 5.97 Å². The van der Waals surface area contributed by atoms with Crippen LogP contribution in [0.5, 0.6) is 0 Å². The van der Waals surface area contributed by atoms with Gasteiger partial charge in [-0.3, -0.25) is 19.7 Å². The van der Waals surface area contributed by atoms with Crippen molar-refractivity contribution in [1.82, 2.24) is 4.98 Å². The average Bonchev–Trinajstić information content (AvgIpc) is 3.41. The van der Waals surface area contributed by atoms with E-state index in [1.54, 1.807) is 23.2 Å². The summed E-state index contributed by atoms with van der Waals surface area (Å²) >= 11 is 1.57. The predicted octanol–water partition coefficient (Wildman–Crippen LogP) is 3.88. The Morgan fingerprint density at radius 1 is 1.27 bits per heavy atom. The molecule has 1 saturated heterocycles. The monoisotopic (exact) mass is 469 g/mol. The van der Waals surface area contributed by atoms with Gasteiger partial charge in [-0.05, 0) is 45.9 Å². The molecule has 0 bridgehead atoms. The predicted molar refractivity (Wildman–Crippen MR) is 123 cm³/mol. The van der Waals surface area contributed by atoms with Crippen LogP contribution in [0.4, 0.5) is 11.6 Å². The van der Waals surface area contributed by atoms with Crippen molar-refractivity contribution < 1.29 is 28.3 Å². The molecule has 33 heavy (non-hydrogen) atoms. The molecule has 0 spiro atoms. The number of fused-ring (bicyclic) bond motifs is 1. The molecule has 3 aromatic rings. The third-order valence-electron chi connectivity index (χ3n) is 5.44. The second kappa shape index (κ2) is 8.78. The number of furan rings is 1. The van der Waals surface area contributed by atoms with E-state index in [9.17, 15) is 19.2 Å². The van der Waals surface area contributed by atoms with Gasteiger partial charge in [-0.25, -0.2) is 9.78 Å². The number of ether oxygens (including phenoxy) is 1. The molecule has 4 rings (SSSR count). The molecule has 1 N–H and O–H groups in total. The summed E-state index contributed by atoms with van der Waals surface area (Å²) in [6.07, 6.45) is 0.00790. The Kier molecular flexibility index (Phi) is 6.03. The molecule has 3 heterocycles.